The van der Waals surface area contributed by atoms with Crippen LogP contribution in [0.25, 0.3) is 0 Å². The molecule has 0 aromatic rings. The summed E-state index contributed by atoms with van der Waals surface area (Å²) in [4.78, 5) is 2.40. The van der Waals surface area contributed by atoms with E-state index in [1.807, 2.05) is 0 Å². The molecule has 0 unspecified atom stereocenters. The van der Waals surface area contributed by atoms with Crippen molar-refractivity contribution in [2.24, 2.45) is 0 Å². The van der Waals surface area contributed by atoms with E-state index in [0.29, 0.717) is 6.04 Å². The molecule has 0 spiro atoms. The van der Waals surface area contributed by atoms with E-state index in [9.17, 15) is 0 Å². The molecule has 0 amide bonds. The van der Waals surface area contributed by atoms with E-state index in [0.717, 1.165) is 12.6 Å². The van der Waals surface area contributed by atoms with E-state index in [1.165, 1.54) is 13.0 Å². The third-order valence-electron chi connectivity index (χ3n) is 2.20. The van der Waals surface area contributed by atoms with Gasteiger partial charge in [0.15, 0.2) is 0 Å². The molecule has 1 N–H and O–H groups in total. The average molecular weight is 142 g/mol. The zero-order valence-electron chi connectivity index (χ0n) is 7.22. The normalized spacial score (nSPS) is 27.0. The summed E-state index contributed by atoms with van der Waals surface area (Å²) in [6.45, 7) is 6.83. The molecule has 1 rings (SSSR count). The summed E-state index contributed by atoms with van der Waals surface area (Å²) in [5, 5.41) is 3.44. The van der Waals surface area contributed by atoms with Crippen LogP contribution in [0.3, 0.4) is 0 Å². The molecule has 2 nitrogen and oxygen atoms in total. The molecule has 0 saturated carbocycles. The molecule has 0 radical (unpaired) electrons. The summed E-state index contributed by atoms with van der Waals surface area (Å²) in [5.74, 6) is 0. The quantitative estimate of drug-likeness (QED) is 0.623. The molecule has 0 aromatic heterocycles. The second kappa shape index (κ2) is 3.35. The van der Waals surface area contributed by atoms with Gasteiger partial charge in [-0.15, -0.1) is 0 Å². The summed E-state index contributed by atoms with van der Waals surface area (Å²) in [6.07, 6.45) is 1.37. The zero-order chi connectivity index (χ0) is 7.56. The fourth-order valence-corrected chi connectivity index (χ4v) is 1.20. The molecule has 1 heterocycles. The van der Waals surface area contributed by atoms with Gasteiger partial charge in [-0.05, 0) is 20.0 Å². The van der Waals surface area contributed by atoms with Crippen LogP contribution in [0.1, 0.15) is 20.3 Å². The first-order valence-corrected chi connectivity index (χ1v) is 4.14. The molecule has 1 aliphatic rings. The molecular weight excluding hydrogens is 124 g/mol. The van der Waals surface area contributed by atoms with E-state index < -0.39 is 0 Å². The van der Waals surface area contributed by atoms with Crippen LogP contribution in [0, 0.1) is 0 Å². The van der Waals surface area contributed by atoms with Crippen LogP contribution in [0.4, 0.5) is 0 Å². The lowest BCUT2D eigenvalue weighted by atomic mass is 10.0. The summed E-state index contributed by atoms with van der Waals surface area (Å²) in [6, 6.07) is 1.44. The minimum absolute atomic E-state index is 0.633. The summed E-state index contributed by atoms with van der Waals surface area (Å²) in [5.41, 5.74) is 0. The Labute approximate surface area is 63.6 Å². The molecular formula is C8H18N2. The maximum absolute atomic E-state index is 3.44. The average Bonchev–Trinajstić information content (AvgIpc) is 1.84. The van der Waals surface area contributed by atoms with Gasteiger partial charge in [-0.3, -0.25) is 0 Å². The second-order valence-electron chi connectivity index (χ2n) is 3.49. The summed E-state index contributed by atoms with van der Waals surface area (Å²) in [7, 11) is 2.19. The molecule has 1 saturated heterocycles. The van der Waals surface area contributed by atoms with Crippen LogP contribution >= 0.6 is 0 Å². The van der Waals surface area contributed by atoms with Crippen LogP contribution < -0.4 is 5.32 Å². The fourth-order valence-electron chi connectivity index (χ4n) is 1.20. The Morgan fingerprint density at radius 1 is 1.60 bits per heavy atom. The molecule has 1 aliphatic heterocycles. The lowest BCUT2D eigenvalue weighted by Gasteiger charge is -2.38. The topological polar surface area (TPSA) is 15.3 Å². The molecule has 0 aliphatic carbocycles. The molecule has 0 aromatic carbocycles. The van der Waals surface area contributed by atoms with Gasteiger partial charge in [-0.1, -0.05) is 13.8 Å². The van der Waals surface area contributed by atoms with Gasteiger partial charge in [0, 0.05) is 18.6 Å². The lowest BCUT2D eigenvalue weighted by Crippen LogP contribution is -2.51. The standard InChI is InChI=1S/C8H18N2/c1-7(2)9-6-8-4-5-10(8)3/h7-9H,4-6H2,1-3H3/t8-/m0/s1. The Bertz CT molecular complexity index is 101. The smallest absolute Gasteiger partial charge is 0.0229 e. The van der Waals surface area contributed by atoms with Crippen LogP contribution in [0.5, 0.6) is 0 Å². The second-order valence-corrected chi connectivity index (χ2v) is 3.49. The highest BCUT2D eigenvalue weighted by Crippen LogP contribution is 2.12. The molecule has 1 atom stereocenters. The Morgan fingerprint density at radius 2 is 2.30 bits per heavy atom. The monoisotopic (exact) mass is 142 g/mol. The van der Waals surface area contributed by atoms with E-state index in [-0.39, 0.29) is 0 Å². The van der Waals surface area contributed by atoms with Gasteiger partial charge >= 0.3 is 0 Å². The van der Waals surface area contributed by atoms with E-state index >= 15 is 0 Å². The van der Waals surface area contributed by atoms with Crippen LogP contribution in [-0.4, -0.2) is 37.1 Å². The molecule has 0 bridgehead atoms. The maximum Gasteiger partial charge on any atom is 0.0229 e. The van der Waals surface area contributed by atoms with E-state index in [4.69, 9.17) is 0 Å². The number of hydrogen-bond donors (Lipinski definition) is 1. The first kappa shape index (κ1) is 8.02. The van der Waals surface area contributed by atoms with Crippen molar-refractivity contribution in [1.29, 1.82) is 0 Å². The van der Waals surface area contributed by atoms with Crippen molar-refractivity contribution in [1.82, 2.24) is 10.2 Å². The Kier molecular flexibility index (Phi) is 2.69. The first-order valence-electron chi connectivity index (χ1n) is 4.14. The van der Waals surface area contributed by atoms with E-state index in [2.05, 4.69) is 31.1 Å². The van der Waals surface area contributed by atoms with E-state index in [1.54, 1.807) is 0 Å². The highest BCUT2D eigenvalue weighted by Gasteiger charge is 2.23. The van der Waals surface area contributed by atoms with Crippen molar-refractivity contribution in [2.45, 2.75) is 32.4 Å². The third kappa shape index (κ3) is 1.96. The Morgan fingerprint density at radius 3 is 2.60 bits per heavy atom. The van der Waals surface area contributed by atoms with Gasteiger partial charge < -0.3 is 10.2 Å². The highest BCUT2D eigenvalue weighted by molar-refractivity contribution is 4.81. The third-order valence-corrected chi connectivity index (χ3v) is 2.20. The molecule has 10 heavy (non-hydrogen) atoms. The van der Waals surface area contributed by atoms with Crippen molar-refractivity contribution < 1.29 is 0 Å². The van der Waals surface area contributed by atoms with Gasteiger partial charge in [0.1, 0.15) is 0 Å². The summed E-state index contributed by atoms with van der Waals surface area (Å²) >= 11 is 0. The zero-order valence-corrected chi connectivity index (χ0v) is 7.22. The largest absolute Gasteiger partial charge is 0.313 e. The molecule has 60 valence electrons. The number of nitrogens with zero attached hydrogens (tertiary/aromatic N) is 1. The van der Waals surface area contributed by atoms with Crippen molar-refractivity contribution in [2.75, 3.05) is 20.1 Å². The van der Waals surface area contributed by atoms with Gasteiger partial charge in [-0.25, -0.2) is 0 Å². The van der Waals surface area contributed by atoms with Gasteiger partial charge in [0.25, 0.3) is 0 Å². The number of hydrogen-bond acceptors (Lipinski definition) is 2. The number of likely N-dealkylation sites (N-methyl/N-ethyl adjacent to an activating group) is 1. The molecule has 1 fully saturated rings. The number of likely N-dealkylation sites (tertiary alicyclic amines) is 1. The van der Waals surface area contributed by atoms with Gasteiger partial charge in [0.2, 0.25) is 0 Å². The van der Waals surface area contributed by atoms with Crippen molar-refractivity contribution in [3.63, 3.8) is 0 Å². The highest BCUT2D eigenvalue weighted by atomic mass is 15.2. The number of nitrogens with one attached hydrogen (secondary N) is 1. The van der Waals surface area contributed by atoms with Crippen LogP contribution in [0.15, 0.2) is 0 Å². The molecule has 2 heteroatoms. The van der Waals surface area contributed by atoms with Crippen molar-refractivity contribution in [3.05, 3.63) is 0 Å². The summed E-state index contributed by atoms with van der Waals surface area (Å²) < 4.78 is 0. The van der Waals surface area contributed by atoms with Gasteiger partial charge in [0.05, 0.1) is 0 Å². The lowest BCUT2D eigenvalue weighted by molar-refractivity contribution is 0.123. The Balaban J connectivity index is 2.03. The fraction of sp³-hybridized carbons (Fsp3) is 1.00. The first-order chi connectivity index (χ1) is 4.70. The Hall–Kier alpha value is -0.0800. The van der Waals surface area contributed by atoms with Crippen LogP contribution in [-0.2, 0) is 0 Å². The van der Waals surface area contributed by atoms with Crippen LogP contribution in [0.2, 0.25) is 0 Å². The minimum atomic E-state index is 0.633. The predicted molar refractivity (Wildman–Crippen MR) is 44.2 cm³/mol. The minimum Gasteiger partial charge on any atom is -0.313 e. The van der Waals surface area contributed by atoms with Crippen molar-refractivity contribution >= 4 is 0 Å². The number of rotatable bonds is 3. The van der Waals surface area contributed by atoms with Gasteiger partial charge in [-0.2, -0.15) is 0 Å². The predicted octanol–water partition coefficient (Wildman–Crippen LogP) is 0.688. The maximum atomic E-state index is 3.44. The SMILES string of the molecule is CC(C)NC[C@@H]1CCN1C. The van der Waals surface area contributed by atoms with Crippen molar-refractivity contribution in [3.8, 4) is 0 Å².